The maximum atomic E-state index is 13.7. The van der Waals surface area contributed by atoms with Gasteiger partial charge in [-0.15, -0.1) is 0 Å². The molecule has 0 bridgehead atoms. The third kappa shape index (κ3) is 5.04. The van der Waals surface area contributed by atoms with Crippen molar-refractivity contribution in [1.29, 1.82) is 0 Å². The SMILES string of the molecule is CC[C@@H](C(=O)NC(C)(C)C)N(Cc1ccc(F)cc1)C(=O)CN1C(=O)c2cccc3cccc1c23. The molecule has 3 aromatic rings. The predicted octanol–water partition coefficient (Wildman–Crippen LogP) is 4.66. The van der Waals surface area contributed by atoms with Crippen molar-refractivity contribution < 1.29 is 18.8 Å². The summed E-state index contributed by atoms with van der Waals surface area (Å²) in [7, 11) is 0. The van der Waals surface area contributed by atoms with Crippen LogP contribution >= 0.6 is 0 Å². The highest BCUT2D eigenvalue weighted by atomic mass is 19.1. The molecule has 3 aromatic carbocycles. The molecule has 4 rings (SSSR count). The van der Waals surface area contributed by atoms with Crippen LogP contribution in [-0.2, 0) is 16.1 Å². The van der Waals surface area contributed by atoms with E-state index in [0.29, 0.717) is 23.2 Å². The summed E-state index contributed by atoms with van der Waals surface area (Å²) in [5.74, 6) is -1.24. The lowest BCUT2D eigenvalue weighted by Crippen LogP contribution is -2.55. The van der Waals surface area contributed by atoms with Crippen molar-refractivity contribution in [3.63, 3.8) is 0 Å². The summed E-state index contributed by atoms with van der Waals surface area (Å²) in [6.45, 7) is 7.40. The van der Waals surface area contributed by atoms with E-state index in [2.05, 4.69) is 5.32 Å². The number of hydrogen-bond acceptors (Lipinski definition) is 3. The average Bonchev–Trinajstić information content (AvgIpc) is 3.07. The smallest absolute Gasteiger partial charge is 0.259 e. The molecule has 0 saturated carbocycles. The van der Waals surface area contributed by atoms with Gasteiger partial charge in [0, 0.05) is 23.0 Å². The molecule has 1 aliphatic heterocycles. The Morgan fingerprint density at radius 3 is 2.31 bits per heavy atom. The van der Waals surface area contributed by atoms with Crippen molar-refractivity contribution in [2.45, 2.75) is 52.2 Å². The summed E-state index contributed by atoms with van der Waals surface area (Å²) >= 11 is 0. The van der Waals surface area contributed by atoms with Gasteiger partial charge in [-0.2, -0.15) is 0 Å². The molecule has 1 atom stereocenters. The molecular weight excluding hydrogens is 445 g/mol. The topological polar surface area (TPSA) is 69.7 Å². The molecule has 7 heteroatoms. The van der Waals surface area contributed by atoms with Gasteiger partial charge in [0.2, 0.25) is 11.8 Å². The largest absolute Gasteiger partial charge is 0.350 e. The van der Waals surface area contributed by atoms with E-state index in [-0.39, 0.29) is 36.6 Å². The molecular formula is C28H30FN3O3. The third-order valence-corrected chi connectivity index (χ3v) is 6.09. The Labute approximate surface area is 204 Å². The number of amides is 3. The van der Waals surface area contributed by atoms with E-state index in [1.165, 1.54) is 21.9 Å². The number of halogens is 1. The molecule has 3 amide bonds. The molecule has 0 radical (unpaired) electrons. The lowest BCUT2D eigenvalue weighted by atomic mass is 10.1. The number of nitrogens with zero attached hydrogens (tertiary/aromatic N) is 2. The van der Waals surface area contributed by atoms with Crippen LogP contribution in [0.4, 0.5) is 10.1 Å². The van der Waals surface area contributed by atoms with Crippen molar-refractivity contribution >= 4 is 34.2 Å². The zero-order valence-electron chi connectivity index (χ0n) is 20.5. The number of benzene rings is 3. The fourth-order valence-corrected chi connectivity index (χ4v) is 4.52. The number of carbonyl (C=O) groups is 3. The number of hydrogen-bond donors (Lipinski definition) is 1. The van der Waals surface area contributed by atoms with E-state index < -0.39 is 11.6 Å². The number of nitrogens with one attached hydrogen (secondary N) is 1. The van der Waals surface area contributed by atoms with E-state index in [9.17, 15) is 18.8 Å². The molecule has 35 heavy (non-hydrogen) atoms. The molecule has 1 heterocycles. The Morgan fingerprint density at radius 1 is 1.03 bits per heavy atom. The summed E-state index contributed by atoms with van der Waals surface area (Å²) in [6, 6.07) is 16.3. The summed E-state index contributed by atoms with van der Waals surface area (Å²) in [6.07, 6.45) is 0.388. The van der Waals surface area contributed by atoms with Gasteiger partial charge in [0.05, 0.1) is 5.69 Å². The second kappa shape index (κ2) is 9.49. The van der Waals surface area contributed by atoms with Crippen LogP contribution in [0.2, 0.25) is 0 Å². The highest BCUT2D eigenvalue weighted by Gasteiger charge is 2.35. The highest BCUT2D eigenvalue weighted by molar-refractivity contribution is 6.26. The molecule has 182 valence electrons. The molecule has 0 aromatic heterocycles. The van der Waals surface area contributed by atoms with E-state index in [1.54, 1.807) is 18.2 Å². The number of rotatable bonds is 7. The lowest BCUT2D eigenvalue weighted by Gasteiger charge is -2.34. The summed E-state index contributed by atoms with van der Waals surface area (Å²) in [5.41, 5.74) is 1.47. The first-order valence-electron chi connectivity index (χ1n) is 11.8. The lowest BCUT2D eigenvalue weighted by molar-refractivity contribution is -0.141. The van der Waals surface area contributed by atoms with E-state index >= 15 is 0 Å². The summed E-state index contributed by atoms with van der Waals surface area (Å²) in [5, 5.41) is 4.72. The molecule has 0 aliphatic carbocycles. The molecule has 6 nitrogen and oxygen atoms in total. The summed E-state index contributed by atoms with van der Waals surface area (Å²) in [4.78, 5) is 43.1. The number of carbonyl (C=O) groups excluding carboxylic acids is 3. The average molecular weight is 476 g/mol. The van der Waals surface area contributed by atoms with Crippen LogP contribution < -0.4 is 10.2 Å². The molecule has 0 fully saturated rings. The first-order chi connectivity index (χ1) is 16.6. The van der Waals surface area contributed by atoms with Crippen molar-refractivity contribution in [3.05, 3.63) is 77.6 Å². The van der Waals surface area contributed by atoms with E-state index in [4.69, 9.17) is 0 Å². The fourth-order valence-electron chi connectivity index (χ4n) is 4.52. The van der Waals surface area contributed by atoms with Gasteiger partial charge >= 0.3 is 0 Å². The van der Waals surface area contributed by atoms with Crippen LogP contribution in [0.25, 0.3) is 10.8 Å². The quantitative estimate of drug-likeness (QED) is 0.540. The van der Waals surface area contributed by atoms with Crippen molar-refractivity contribution in [2.75, 3.05) is 11.4 Å². The van der Waals surface area contributed by atoms with Crippen LogP contribution in [0.5, 0.6) is 0 Å². The van der Waals surface area contributed by atoms with E-state index in [0.717, 1.165) is 10.8 Å². The Balaban J connectivity index is 1.66. The van der Waals surface area contributed by atoms with Gasteiger partial charge < -0.3 is 10.2 Å². The van der Waals surface area contributed by atoms with Crippen LogP contribution in [0.3, 0.4) is 0 Å². The van der Waals surface area contributed by atoms with Crippen molar-refractivity contribution in [2.24, 2.45) is 0 Å². The fraction of sp³-hybridized carbons (Fsp3) is 0.321. The van der Waals surface area contributed by atoms with Crippen LogP contribution in [0.15, 0.2) is 60.7 Å². The minimum Gasteiger partial charge on any atom is -0.350 e. The predicted molar refractivity (Wildman–Crippen MR) is 135 cm³/mol. The second-order valence-corrected chi connectivity index (χ2v) is 9.88. The first-order valence-corrected chi connectivity index (χ1v) is 11.8. The van der Waals surface area contributed by atoms with E-state index in [1.807, 2.05) is 58.0 Å². The normalized spacial score (nSPS) is 13.7. The van der Waals surface area contributed by atoms with Crippen molar-refractivity contribution in [3.8, 4) is 0 Å². The van der Waals surface area contributed by atoms with Crippen LogP contribution in [0.1, 0.15) is 50.0 Å². The molecule has 1 aliphatic rings. The Bertz CT molecular complexity index is 1280. The molecule has 0 unspecified atom stereocenters. The summed E-state index contributed by atoms with van der Waals surface area (Å²) < 4.78 is 13.5. The Kier molecular flexibility index (Phi) is 6.61. The highest BCUT2D eigenvalue weighted by Crippen LogP contribution is 2.37. The maximum absolute atomic E-state index is 13.7. The van der Waals surface area contributed by atoms with Gasteiger partial charge in [-0.1, -0.05) is 43.3 Å². The zero-order valence-corrected chi connectivity index (χ0v) is 20.5. The molecule has 1 N–H and O–H groups in total. The van der Waals surface area contributed by atoms with Gasteiger partial charge in [-0.25, -0.2) is 4.39 Å². The number of anilines is 1. The van der Waals surface area contributed by atoms with Gasteiger partial charge in [-0.05, 0) is 62.4 Å². The molecule has 0 spiro atoms. The Morgan fingerprint density at radius 2 is 1.69 bits per heavy atom. The Hall–Kier alpha value is -3.74. The third-order valence-electron chi connectivity index (χ3n) is 6.09. The maximum Gasteiger partial charge on any atom is 0.259 e. The van der Waals surface area contributed by atoms with Crippen LogP contribution in [0, 0.1) is 5.82 Å². The van der Waals surface area contributed by atoms with Gasteiger partial charge in [-0.3, -0.25) is 19.3 Å². The van der Waals surface area contributed by atoms with Gasteiger partial charge in [0.25, 0.3) is 5.91 Å². The zero-order chi connectivity index (χ0) is 25.3. The monoisotopic (exact) mass is 475 g/mol. The standard InChI is InChI=1S/C28H30FN3O3/c1-5-22(26(34)30-28(2,3)4)31(16-18-12-14-20(29)15-13-18)24(33)17-32-23-11-7-9-19-8-6-10-21(25(19)23)27(32)35/h6-15,22H,5,16-17H2,1-4H3,(H,30,34)/t22-/m0/s1. The van der Waals surface area contributed by atoms with Crippen LogP contribution in [-0.4, -0.2) is 40.7 Å². The van der Waals surface area contributed by atoms with Gasteiger partial charge in [0.1, 0.15) is 18.4 Å². The molecule has 0 saturated heterocycles. The van der Waals surface area contributed by atoms with Gasteiger partial charge in [0.15, 0.2) is 0 Å². The minimum absolute atomic E-state index is 0.119. The van der Waals surface area contributed by atoms with Crippen molar-refractivity contribution in [1.82, 2.24) is 10.2 Å². The minimum atomic E-state index is -0.748. The second-order valence-electron chi connectivity index (χ2n) is 9.88. The first kappa shape index (κ1) is 24.4.